The molecule has 2 aromatic carbocycles. The number of para-hydroxylation sites is 1. The van der Waals surface area contributed by atoms with Gasteiger partial charge >= 0.3 is 0 Å². The predicted molar refractivity (Wildman–Crippen MR) is 116 cm³/mol. The Balaban J connectivity index is 1.75. The van der Waals surface area contributed by atoms with E-state index in [0.29, 0.717) is 17.6 Å². The Labute approximate surface area is 169 Å². The number of aromatic nitrogens is 2. The highest BCUT2D eigenvalue weighted by atomic mass is 16.2. The van der Waals surface area contributed by atoms with Crippen molar-refractivity contribution in [2.24, 2.45) is 0 Å². The molecule has 0 unspecified atom stereocenters. The van der Waals surface area contributed by atoms with Crippen LogP contribution in [0.3, 0.4) is 0 Å². The van der Waals surface area contributed by atoms with Gasteiger partial charge in [0.15, 0.2) is 0 Å². The van der Waals surface area contributed by atoms with Crippen LogP contribution in [0.15, 0.2) is 71.7 Å². The van der Waals surface area contributed by atoms with E-state index in [1.54, 1.807) is 16.8 Å². The Morgan fingerprint density at radius 1 is 0.862 bits per heavy atom. The Bertz CT molecular complexity index is 1330. The summed E-state index contributed by atoms with van der Waals surface area (Å²) in [5, 5.41) is 0.580. The summed E-state index contributed by atoms with van der Waals surface area (Å²) in [6.07, 6.45) is 1.73. The van der Waals surface area contributed by atoms with E-state index in [9.17, 15) is 9.59 Å². The molecule has 0 fully saturated rings. The molecule has 1 aliphatic heterocycles. The molecule has 0 atom stereocenters. The fourth-order valence-corrected chi connectivity index (χ4v) is 4.19. The topological polar surface area (TPSA) is 44.0 Å². The SMILES string of the molecule is CC(C)(C)c1ccc(Cn2c3c(c(=O)c4ccccc42)C(=O)n2cccc2-3)cc1. The minimum Gasteiger partial charge on any atom is -0.334 e. The molecule has 144 valence electrons. The van der Waals surface area contributed by atoms with Gasteiger partial charge in [-0.2, -0.15) is 0 Å². The minimum atomic E-state index is -0.243. The number of carbonyl (C=O) groups excluding carboxylic acids is 1. The molecule has 4 aromatic rings. The Hall–Kier alpha value is -3.40. The van der Waals surface area contributed by atoms with Crippen molar-refractivity contribution in [1.82, 2.24) is 9.13 Å². The molecule has 0 radical (unpaired) electrons. The quantitative estimate of drug-likeness (QED) is 0.439. The van der Waals surface area contributed by atoms with Crippen molar-refractivity contribution in [3.8, 4) is 11.4 Å². The van der Waals surface area contributed by atoms with Crippen molar-refractivity contribution in [3.05, 3.63) is 93.8 Å². The number of hydrogen-bond acceptors (Lipinski definition) is 2. The molecule has 3 heterocycles. The zero-order valence-electron chi connectivity index (χ0n) is 16.8. The smallest absolute Gasteiger partial charge is 0.268 e. The maximum atomic E-state index is 13.1. The molecular weight excluding hydrogens is 360 g/mol. The molecule has 2 aromatic heterocycles. The molecule has 0 bridgehead atoms. The summed E-state index contributed by atoms with van der Waals surface area (Å²) in [6, 6.07) is 19.9. The van der Waals surface area contributed by atoms with Crippen LogP contribution in [0, 0.1) is 0 Å². The zero-order chi connectivity index (χ0) is 20.3. The summed E-state index contributed by atoms with van der Waals surface area (Å²) >= 11 is 0. The molecule has 5 rings (SSSR count). The number of fused-ring (bicyclic) bond motifs is 4. The van der Waals surface area contributed by atoms with Crippen LogP contribution in [-0.4, -0.2) is 15.0 Å². The van der Waals surface area contributed by atoms with E-state index in [1.807, 2.05) is 30.3 Å². The van der Waals surface area contributed by atoms with Gasteiger partial charge in [-0.1, -0.05) is 57.2 Å². The minimum absolute atomic E-state index is 0.0943. The molecule has 0 amide bonds. The van der Waals surface area contributed by atoms with Crippen molar-refractivity contribution in [2.75, 3.05) is 0 Å². The number of hydrogen-bond donors (Lipinski definition) is 0. The maximum absolute atomic E-state index is 13.1. The van der Waals surface area contributed by atoms with Crippen LogP contribution in [0.4, 0.5) is 0 Å². The zero-order valence-corrected chi connectivity index (χ0v) is 16.8. The molecule has 0 spiro atoms. The van der Waals surface area contributed by atoms with E-state index in [2.05, 4.69) is 49.6 Å². The summed E-state index contributed by atoms with van der Waals surface area (Å²) in [5.41, 5.74) is 4.92. The maximum Gasteiger partial charge on any atom is 0.268 e. The van der Waals surface area contributed by atoms with Crippen LogP contribution in [-0.2, 0) is 12.0 Å². The Morgan fingerprint density at radius 3 is 2.31 bits per heavy atom. The average Bonchev–Trinajstić information content (AvgIpc) is 3.28. The van der Waals surface area contributed by atoms with Crippen molar-refractivity contribution < 1.29 is 4.79 Å². The standard InChI is InChI=1S/C25H22N2O2/c1-25(2,3)17-12-10-16(11-13-17)15-27-19-8-5-4-7-18(19)23(28)21-22(27)20-9-6-14-26(20)24(21)29/h4-14H,15H2,1-3H3. The van der Waals surface area contributed by atoms with Gasteiger partial charge in [0.2, 0.25) is 5.43 Å². The van der Waals surface area contributed by atoms with Crippen molar-refractivity contribution in [3.63, 3.8) is 0 Å². The van der Waals surface area contributed by atoms with E-state index < -0.39 is 0 Å². The number of pyridine rings is 1. The number of rotatable bonds is 2. The molecule has 0 aliphatic carbocycles. The first kappa shape index (κ1) is 17.7. The number of benzene rings is 2. The second-order valence-electron chi connectivity index (χ2n) is 8.67. The lowest BCUT2D eigenvalue weighted by atomic mass is 9.87. The molecule has 29 heavy (non-hydrogen) atoms. The number of carbonyl (C=O) groups is 1. The first-order chi connectivity index (χ1) is 13.9. The molecule has 4 heteroatoms. The molecule has 0 N–H and O–H groups in total. The molecule has 4 nitrogen and oxygen atoms in total. The molecule has 0 saturated carbocycles. The highest BCUT2D eigenvalue weighted by molar-refractivity contribution is 6.10. The molecule has 0 saturated heterocycles. The van der Waals surface area contributed by atoms with Gasteiger partial charge in [0.05, 0.1) is 16.9 Å². The van der Waals surface area contributed by atoms with E-state index in [4.69, 9.17) is 0 Å². The van der Waals surface area contributed by atoms with Crippen molar-refractivity contribution in [1.29, 1.82) is 0 Å². The fourth-order valence-electron chi connectivity index (χ4n) is 4.19. The largest absolute Gasteiger partial charge is 0.334 e. The molecular formula is C25H22N2O2. The first-order valence-corrected chi connectivity index (χ1v) is 9.83. The normalized spacial score (nSPS) is 13.0. The molecule has 1 aliphatic rings. The lowest BCUT2D eigenvalue weighted by Gasteiger charge is -2.20. The highest BCUT2D eigenvalue weighted by Crippen LogP contribution is 2.33. The summed E-state index contributed by atoms with van der Waals surface area (Å²) in [6.45, 7) is 7.18. The van der Waals surface area contributed by atoms with Crippen LogP contribution in [0.5, 0.6) is 0 Å². The summed E-state index contributed by atoms with van der Waals surface area (Å²) in [5.74, 6) is -0.243. The summed E-state index contributed by atoms with van der Waals surface area (Å²) in [4.78, 5) is 26.0. The van der Waals surface area contributed by atoms with E-state index in [-0.39, 0.29) is 22.3 Å². The third-order valence-corrected chi connectivity index (χ3v) is 5.76. The third-order valence-electron chi connectivity index (χ3n) is 5.76. The van der Waals surface area contributed by atoms with Crippen LogP contribution in [0.25, 0.3) is 22.3 Å². The van der Waals surface area contributed by atoms with Crippen LogP contribution >= 0.6 is 0 Å². The summed E-state index contributed by atoms with van der Waals surface area (Å²) in [7, 11) is 0. The fraction of sp³-hybridized carbons (Fsp3) is 0.200. The lowest BCUT2D eigenvalue weighted by molar-refractivity contribution is 0.0968. The van der Waals surface area contributed by atoms with Crippen LogP contribution in [0.2, 0.25) is 0 Å². The Morgan fingerprint density at radius 2 is 1.59 bits per heavy atom. The van der Waals surface area contributed by atoms with E-state index in [1.165, 1.54) is 5.56 Å². The van der Waals surface area contributed by atoms with E-state index >= 15 is 0 Å². The highest BCUT2D eigenvalue weighted by Gasteiger charge is 2.32. The van der Waals surface area contributed by atoms with Gasteiger partial charge in [0.25, 0.3) is 5.91 Å². The van der Waals surface area contributed by atoms with Gasteiger partial charge in [-0.25, -0.2) is 0 Å². The average molecular weight is 382 g/mol. The second kappa shape index (κ2) is 6.05. The Kier molecular flexibility index (Phi) is 3.69. The van der Waals surface area contributed by atoms with Crippen molar-refractivity contribution in [2.45, 2.75) is 32.7 Å². The monoisotopic (exact) mass is 382 g/mol. The van der Waals surface area contributed by atoms with E-state index in [0.717, 1.165) is 16.8 Å². The predicted octanol–water partition coefficient (Wildman–Crippen LogP) is 4.82. The van der Waals surface area contributed by atoms with Gasteiger partial charge < -0.3 is 4.57 Å². The first-order valence-electron chi connectivity index (χ1n) is 9.83. The van der Waals surface area contributed by atoms with Crippen LogP contribution < -0.4 is 5.43 Å². The summed E-state index contributed by atoms with van der Waals surface area (Å²) < 4.78 is 3.68. The van der Waals surface area contributed by atoms with Gasteiger partial charge in [0, 0.05) is 18.1 Å². The lowest BCUT2D eigenvalue weighted by Crippen LogP contribution is -2.20. The third kappa shape index (κ3) is 2.59. The number of nitrogens with zero attached hydrogens (tertiary/aromatic N) is 2. The van der Waals surface area contributed by atoms with Gasteiger partial charge in [-0.15, -0.1) is 0 Å². The second-order valence-corrected chi connectivity index (χ2v) is 8.67. The van der Waals surface area contributed by atoms with Crippen molar-refractivity contribution >= 4 is 16.8 Å². The van der Waals surface area contributed by atoms with Crippen LogP contribution in [0.1, 0.15) is 42.3 Å². The van der Waals surface area contributed by atoms with Gasteiger partial charge in [0.1, 0.15) is 5.56 Å². The van der Waals surface area contributed by atoms with Gasteiger partial charge in [-0.05, 0) is 40.8 Å². The van der Waals surface area contributed by atoms with Gasteiger partial charge in [-0.3, -0.25) is 14.2 Å².